The summed E-state index contributed by atoms with van der Waals surface area (Å²) in [5, 5.41) is 6.21. The van der Waals surface area contributed by atoms with E-state index in [9.17, 15) is 8.42 Å². The lowest BCUT2D eigenvalue weighted by atomic mass is 9.99. The monoisotopic (exact) mass is 256 g/mol. The van der Waals surface area contributed by atoms with Crippen molar-refractivity contribution in [1.29, 1.82) is 0 Å². The highest BCUT2D eigenvalue weighted by Crippen LogP contribution is 2.41. The molecule has 0 radical (unpaired) electrons. The lowest BCUT2D eigenvalue weighted by Crippen LogP contribution is -2.32. The second-order valence-corrected chi connectivity index (χ2v) is 6.86. The maximum Gasteiger partial charge on any atom is 0.246 e. The fraction of sp³-hybridized carbons (Fsp3) is 0.700. The van der Waals surface area contributed by atoms with Crippen LogP contribution in [0.2, 0.25) is 0 Å². The fourth-order valence-corrected chi connectivity index (χ4v) is 3.99. The molecule has 1 aliphatic heterocycles. The molecule has 2 atom stereocenters. The van der Waals surface area contributed by atoms with E-state index in [4.69, 9.17) is 5.73 Å². The minimum absolute atomic E-state index is 0.0239. The second-order valence-electron chi connectivity index (χ2n) is 4.92. The lowest BCUT2D eigenvalue weighted by Gasteiger charge is -2.14. The van der Waals surface area contributed by atoms with Gasteiger partial charge in [0, 0.05) is 25.3 Å². The van der Waals surface area contributed by atoms with Crippen LogP contribution in [-0.2, 0) is 10.0 Å². The number of aromatic nitrogens is 2. The molecule has 0 spiro atoms. The van der Waals surface area contributed by atoms with Gasteiger partial charge in [0.1, 0.15) is 4.90 Å². The van der Waals surface area contributed by atoms with Crippen molar-refractivity contribution < 1.29 is 8.42 Å². The zero-order chi connectivity index (χ0) is 12.0. The van der Waals surface area contributed by atoms with Gasteiger partial charge < -0.3 is 5.73 Å². The summed E-state index contributed by atoms with van der Waals surface area (Å²) in [4.78, 5) is 0.223. The zero-order valence-electron chi connectivity index (χ0n) is 9.41. The van der Waals surface area contributed by atoms with Crippen molar-refractivity contribution in [2.24, 2.45) is 17.6 Å². The van der Waals surface area contributed by atoms with Gasteiger partial charge in [-0.2, -0.15) is 9.40 Å². The van der Waals surface area contributed by atoms with Crippen molar-refractivity contribution in [2.75, 3.05) is 13.1 Å². The molecule has 3 rings (SSSR count). The summed E-state index contributed by atoms with van der Waals surface area (Å²) in [6.45, 7) is 0.980. The van der Waals surface area contributed by atoms with Crippen LogP contribution in [0.5, 0.6) is 0 Å². The van der Waals surface area contributed by atoms with Crippen molar-refractivity contribution in [3.05, 3.63) is 12.4 Å². The first-order valence-electron chi connectivity index (χ1n) is 5.83. The van der Waals surface area contributed by atoms with Crippen molar-refractivity contribution in [2.45, 2.75) is 23.8 Å². The molecule has 6 nitrogen and oxygen atoms in total. The van der Waals surface area contributed by atoms with Gasteiger partial charge in [-0.3, -0.25) is 5.10 Å². The average Bonchev–Trinajstić information content (AvgIpc) is 2.81. The fourth-order valence-electron chi connectivity index (χ4n) is 2.56. The molecular formula is C10H16N4O2S. The Morgan fingerprint density at radius 2 is 2.18 bits per heavy atom. The number of aromatic amines is 1. The minimum Gasteiger partial charge on any atom is -0.326 e. The maximum atomic E-state index is 12.2. The Kier molecular flexibility index (Phi) is 2.49. The van der Waals surface area contributed by atoms with Crippen molar-refractivity contribution in [3.63, 3.8) is 0 Å². The van der Waals surface area contributed by atoms with Crippen LogP contribution >= 0.6 is 0 Å². The van der Waals surface area contributed by atoms with E-state index in [1.54, 1.807) is 0 Å². The molecule has 17 heavy (non-hydrogen) atoms. The Morgan fingerprint density at radius 3 is 2.76 bits per heavy atom. The minimum atomic E-state index is -3.41. The summed E-state index contributed by atoms with van der Waals surface area (Å²) in [5.41, 5.74) is 6.03. The van der Waals surface area contributed by atoms with Crippen molar-refractivity contribution in [3.8, 4) is 0 Å². The molecule has 0 bridgehead atoms. The number of nitrogens with zero attached hydrogens (tertiary/aromatic N) is 2. The smallest absolute Gasteiger partial charge is 0.246 e. The molecule has 1 aliphatic carbocycles. The number of sulfonamides is 1. The van der Waals surface area contributed by atoms with Gasteiger partial charge in [-0.1, -0.05) is 0 Å². The molecule has 94 valence electrons. The normalized spacial score (nSPS) is 30.9. The van der Waals surface area contributed by atoms with Gasteiger partial charge in [0.25, 0.3) is 0 Å². The summed E-state index contributed by atoms with van der Waals surface area (Å²) < 4.78 is 26.0. The van der Waals surface area contributed by atoms with Gasteiger partial charge in [-0.15, -0.1) is 0 Å². The van der Waals surface area contributed by atoms with Crippen molar-refractivity contribution >= 4 is 10.0 Å². The quantitative estimate of drug-likeness (QED) is 0.781. The number of hydrogen-bond donors (Lipinski definition) is 2. The van der Waals surface area contributed by atoms with Crippen LogP contribution < -0.4 is 5.73 Å². The molecule has 0 amide bonds. The SMILES string of the molecule is N[C@@H]1CN(S(=O)(=O)c2cn[nH]c2)C[C@H]1C1CC1. The van der Waals surface area contributed by atoms with E-state index in [0.29, 0.717) is 24.9 Å². The lowest BCUT2D eigenvalue weighted by molar-refractivity contribution is 0.428. The number of hydrogen-bond acceptors (Lipinski definition) is 4. The standard InChI is InChI=1S/C10H16N4O2S/c11-10-6-14(5-9(10)7-1-2-7)17(15,16)8-3-12-13-4-8/h3-4,7,9-10H,1-2,5-6,11H2,(H,12,13)/t9-,10+/m0/s1. The van der Waals surface area contributed by atoms with Crippen LogP contribution in [0.4, 0.5) is 0 Å². The third-order valence-corrected chi connectivity index (χ3v) is 5.51. The summed E-state index contributed by atoms with van der Waals surface area (Å²) >= 11 is 0. The van der Waals surface area contributed by atoms with Gasteiger partial charge in [0.2, 0.25) is 10.0 Å². The first-order valence-corrected chi connectivity index (χ1v) is 7.27. The van der Waals surface area contributed by atoms with Gasteiger partial charge >= 0.3 is 0 Å². The number of nitrogens with two attached hydrogens (primary N) is 1. The van der Waals surface area contributed by atoms with E-state index in [1.807, 2.05) is 0 Å². The molecule has 2 aliphatic rings. The number of H-pyrrole nitrogens is 1. The molecule has 7 heteroatoms. The topological polar surface area (TPSA) is 92.1 Å². The summed E-state index contributed by atoms with van der Waals surface area (Å²) in [7, 11) is -3.41. The van der Waals surface area contributed by atoms with E-state index in [2.05, 4.69) is 10.2 Å². The molecule has 2 fully saturated rings. The Labute approximate surface area is 100 Å². The van der Waals surface area contributed by atoms with E-state index in [0.717, 1.165) is 0 Å². The highest BCUT2D eigenvalue weighted by molar-refractivity contribution is 7.89. The summed E-state index contributed by atoms with van der Waals surface area (Å²) in [6, 6.07) is -0.0239. The van der Waals surface area contributed by atoms with E-state index in [-0.39, 0.29) is 10.9 Å². The molecule has 0 aromatic carbocycles. The molecule has 1 saturated heterocycles. The molecule has 1 aromatic heterocycles. The zero-order valence-corrected chi connectivity index (χ0v) is 10.2. The van der Waals surface area contributed by atoms with Gasteiger partial charge in [-0.25, -0.2) is 8.42 Å². The first-order chi connectivity index (χ1) is 8.09. The number of nitrogens with one attached hydrogen (secondary N) is 1. The van der Waals surface area contributed by atoms with E-state index < -0.39 is 10.0 Å². The van der Waals surface area contributed by atoms with Crippen LogP contribution in [0.3, 0.4) is 0 Å². The molecule has 2 heterocycles. The third kappa shape index (κ3) is 1.88. The molecule has 3 N–H and O–H groups in total. The summed E-state index contributed by atoms with van der Waals surface area (Å²) in [5.74, 6) is 0.964. The van der Waals surface area contributed by atoms with Crippen LogP contribution in [0, 0.1) is 11.8 Å². The van der Waals surface area contributed by atoms with Crippen LogP contribution in [0.25, 0.3) is 0 Å². The van der Waals surface area contributed by atoms with Gasteiger partial charge in [0.05, 0.1) is 6.20 Å². The Morgan fingerprint density at radius 1 is 1.41 bits per heavy atom. The Hall–Kier alpha value is -0.920. The first kappa shape index (κ1) is 11.2. The maximum absolute atomic E-state index is 12.2. The molecule has 0 unspecified atom stereocenters. The van der Waals surface area contributed by atoms with Crippen molar-refractivity contribution in [1.82, 2.24) is 14.5 Å². The predicted octanol–water partition coefficient (Wildman–Crippen LogP) is -0.233. The van der Waals surface area contributed by atoms with Gasteiger partial charge in [0.15, 0.2) is 0 Å². The highest BCUT2D eigenvalue weighted by Gasteiger charge is 2.44. The third-order valence-electron chi connectivity index (χ3n) is 3.72. The van der Waals surface area contributed by atoms with E-state index in [1.165, 1.54) is 29.5 Å². The van der Waals surface area contributed by atoms with Crippen LogP contribution in [0.15, 0.2) is 17.3 Å². The highest BCUT2D eigenvalue weighted by atomic mass is 32.2. The molecule has 1 saturated carbocycles. The van der Waals surface area contributed by atoms with E-state index >= 15 is 0 Å². The Bertz CT molecular complexity index is 494. The predicted molar refractivity (Wildman–Crippen MR) is 61.5 cm³/mol. The molecule has 1 aromatic rings. The summed E-state index contributed by atoms with van der Waals surface area (Å²) in [6.07, 6.45) is 5.13. The number of rotatable bonds is 3. The largest absolute Gasteiger partial charge is 0.326 e. The van der Waals surface area contributed by atoms with Crippen LogP contribution in [0.1, 0.15) is 12.8 Å². The van der Waals surface area contributed by atoms with Crippen LogP contribution in [-0.4, -0.2) is 42.1 Å². The average molecular weight is 256 g/mol. The molecular weight excluding hydrogens is 240 g/mol. The Balaban J connectivity index is 1.82. The second kappa shape index (κ2) is 3.79. The van der Waals surface area contributed by atoms with Gasteiger partial charge in [-0.05, 0) is 24.7 Å².